The highest BCUT2D eigenvalue weighted by Gasteiger charge is 2.09. The molecule has 20 heavy (non-hydrogen) atoms. The van der Waals surface area contributed by atoms with Crippen molar-refractivity contribution in [1.82, 2.24) is 0 Å². The number of ether oxygens (including phenoxy) is 1. The van der Waals surface area contributed by atoms with Gasteiger partial charge in [0.1, 0.15) is 17.3 Å². The minimum Gasteiger partial charge on any atom is -0.488 e. The summed E-state index contributed by atoms with van der Waals surface area (Å²) in [7, 11) is 0. The molecule has 0 unspecified atom stereocenters. The zero-order chi connectivity index (χ0) is 14.7. The summed E-state index contributed by atoms with van der Waals surface area (Å²) in [5, 5.41) is 0. The van der Waals surface area contributed by atoms with E-state index in [2.05, 4.69) is 41.9 Å². The van der Waals surface area contributed by atoms with Gasteiger partial charge in [-0.05, 0) is 48.7 Å². The fourth-order valence-electron chi connectivity index (χ4n) is 2.05. The first kappa shape index (κ1) is 15.0. The van der Waals surface area contributed by atoms with Crippen molar-refractivity contribution in [1.29, 1.82) is 0 Å². The quantitative estimate of drug-likeness (QED) is 0.836. The molecule has 0 aromatic heterocycles. The largest absolute Gasteiger partial charge is 0.488 e. The van der Waals surface area contributed by atoms with Gasteiger partial charge in [0.05, 0.1) is 5.56 Å². The van der Waals surface area contributed by atoms with E-state index in [4.69, 9.17) is 22.7 Å². The van der Waals surface area contributed by atoms with Gasteiger partial charge in [0.2, 0.25) is 0 Å². The normalized spacial score (nSPS) is 10.3. The Morgan fingerprint density at radius 1 is 1.20 bits per heavy atom. The summed E-state index contributed by atoms with van der Waals surface area (Å²) in [4.78, 5) is 0.336. The molecule has 0 amide bonds. The molecule has 0 bridgehead atoms. The van der Waals surface area contributed by atoms with Crippen LogP contribution in [0.3, 0.4) is 0 Å². The van der Waals surface area contributed by atoms with Gasteiger partial charge in [-0.1, -0.05) is 46.3 Å². The number of thiocarbonyl (C=S) groups is 1. The second-order valence-electron chi connectivity index (χ2n) is 4.66. The fraction of sp³-hybridized carbons (Fsp3) is 0.188. The van der Waals surface area contributed by atoms with Crippen LogP contribution in [0.15, 0.2) is 40.9 Å². The molecule has 0 aliphatic heterocycles. The summed E-state index contributed by atoms with van der Waals surface area (Å²) < 4.78 is 6.84. The predicted octanol–water partition coefficient (Wildman–Crippen LogP) is 4.28. The Kier molecular flexibility index (Phi) is 4.78. The molecule has 0 spiro atoms. The van der Waals surface area contributed by atoms with E-state index < -0.39 is 0 Å². The minimum atomic E-state index is 0.336. The number of benzene rings is 2. The number of hydrogen-bond acceptors (Lipinski definition) is 2. The number of nitrogens with two attached hydrogens (primary N) is 1. The van der Waals surface area contributed by atoms with Crippen molar-refractivity contribution in [3.63, 3.8) is 0 Å². The summed E-state index contributed by atoms with van der Waals surface area (Å²) in [6.45, 7) is 4.68. The second kappa shape index (κ2) is 6.37. The van der Waals surface area contributed by atoms with Crippen LogP contribution in [0.2, 0.25) is 0 Å². The highest BCUT2D eigenvalue weighted by Crippen LogP contribution is 2.25. The van der Waals surface area contributed by atoms with Gasteiger partial charge in [-0.25, -0.2) is 0 Å². The molecule has 0 aliphatic rings. The van der Waals surface area contributed by atoms with Crippen LogP contribution in [0.1, 0.15) is 22.3 Å². The molecule has 2 aromatic rings. The Labute approximate surface area is 133 Å². The van der Waals surface area contributed by atoms with Crippen LogP contribution in [0.4, 0.5) is 0 Å². The summed E-state index contributed by atoms with van der Waals surface area (Å²) in [5.74, 6) is 0.711. The van der Waals surface area contributed by atoms with Gasteiger partial charge >= 0.3 is 0 Å². The summed E-state index contributed by atoms with van der Waals surface area (Å²) >= 11 is 8.48. The zero-order valence-electron chi connectivity index (χ0n) is 11.4. The molecular formula is C16H16BrNOS. The van der Waals surface area contributed by atoms with E-state index in [1.807, 2.05) is 24.3 Å². The van der Waals surface area contributed by atoms with Gasteiger partial charge in [-0.3, -0.25) is 0 Å². The van der Waals surface area contributed by atoms with Crippen LogP contribution in [0.25, 0.3) is 0 Å². The average Bonchev–Trinajstić information content (AvgIpc) is 2.39. The number of aryl methyl sites for hydroxylation is 2. The lowest BCUT2D eigenvalue weighted by molar-refractivity contribution is 0.304. The first-order valence-corrected chi connectivity index (χ1v) is 7.46. The van der Waals surface area contributed by atoms with Crippen molar-refractivity contribution >= 4 is 33.1 Å². The first-order chi connectivity index (χ1) is 9.49. The summed E-state index contributed by atoms with van der Waals surface area (Å²) in [6.07, 6.45) is 0. The number of halogens is 1. The lowest BCUT2D eigenvalue weighted by atomic mass is 10.0. The van der Waals surface area contributed by atoms with Gasteiger partial charge in [0.25, 0.3) is 0 Å². The molecule has 0 saturated heterocycles. The van der Waals surface area contributed by atoms with E-state index in [1.54, 1.807) is 0 Å². The van der Waals surface area contributed by atoms with E-state index in [1.165, 1.54) is 16.7 Å². The lowest BCUT2D eigenvalue weighted by Crippen LogP contribution is -2.12. The fourth-order valence-corrected chi connectivity index (χ4v) is 2.57. The maximum atomic E-state index is 5.91. The van der Waals surface area contributed by atoms with Gasteiger partial charge in [-0.2, -0.15) is 0 Å². The SMILES string of the molecule is Cc1cccc(C)c1COc1ccc(Br)cc1C(N)=S. The topological polar surface area (TPSA) is 35.2 Å². The Morgan fingerprint density at radius 2 is 1.85 bits per heavy atom. The third-order valence-electron chi connectivity index (χ3n) is 3.22. The van der Waals surface area contributed by atoms with Gasteiger partial charge in [-0.15, -0.1) is 0 Å². The first-order valence-electron chi connectivity index (χ1n) is 6.26. The van der Waals surface area contributed by atoms with Crippen LogP contribution in [-0.2, 0) is 6.61 Å². The Morgan fingerprint density at radius 3 is 2.45 bits per heavy atom. The van der Waals surface area contributed by atoms with Crippen molar-refractivity contribution in [2.24, 2.45) is 5.73 Å². The van der Waals surface area contributed by atoms with Gasteiger partial charge in [0.15, 0.2) is 0 Å². The van der Waals surface area contributed by atoms with Crippen LogP contribution >= 0.6 is 28.1 Å². The molecule has 2 aromatic carbocycles. The van der Waals surface area contributed by atoms with E-state index in [0.29, 0.717) is 17.3 Å². The van der Waals surface area contributed by atoms with Gasteiger partial charge in [0, 0.05) is 4.47 Å². The third-order valence-corrected chi connectivity index (χ3v) is 3.94. The summed E-state index contributed by atoms with van der Waals surface area (Å²) in [6, 6.07) is 11.9. The maximum absolute atomic E-state index is 5.91. The van der Waals surface area contributed by atoms with Crippen molar-refractivity contribution in [3.8, 4) is 5.75 Å². The highest BCUT2D eigenvalue weighted by atomic mass is 79.9. The van der Waals surface area contributed by atoms with Crippen LogP contribution in [0.5, 0.6) is 5.75 Å². The van der Waals surface area contributed by atoms with Crippen LogP contribution in [0, 0.1) is 13.8 Å². The highest BCUT2D eigenvalue weighted by molar-refractivity contribution is 9.10. The molecule has 104 valence electrons. The van der Waals surface area contributed by atoms with Crippen LogP contribution < -0.4 is 10.5 Å². The minimum absolute atomic E-state index is 0.336. The second-order valence-corrected chi connectivity index (χ2v) is 6.02. The van der Waals surface area contributed by atoms with Crippen molar-refractivity contribution < 1.29 is 4.74 Å². The zero-order valence-corrected chi connectivity index (χ0v) is 13.8. The molecule has 0 aliphatic carbocycles. The standard InChI is InChI=1S/C16H16BrNOS/c1-10-4-3-5-11(2)14(10)9-19-15-7-6-12(17)8-13(15)16(18)20/h3-8H,9H2,1-2H3,(H2,18,20). The van der Waals surface area contributed by atoms with Crippen molar-refractivity contribution in [3.05, 3.63) is 63.1 Å². The Hall–Kier alpha value is -1.39. The van der Waals surface area contributed by atoms with Crippen molar-refractivity contribution in [2.45, 2.75) is 20.5 Å². The van der Waals surface area contributed by atoms with Crippen molar-refractivity contribution in [2.75, 3.05) is 0 Å². The molecular weight excluding hydrogens is 334 g/mol. The molecule has 2 N–H and O–H groups in total. The number of rotatable bonds is 4. The molecule has 4 heteroatoms. The molecule has 0 heterocycles. The smallest absolute Gasteiger partial charge is 0.130 e. The lowest BCUT2D eigenvalue weighted by Gasteiger charge is -2.14. The molecule has 0 atom stereocenters. The molecule has 2 rings (SSSR count). The molecule has 0 radical (unpaired) electrons. The van der Waals surface area contributed by atoms with E-state index in [9.17, 15) is 0 Å². The maximum Gasteiger partial charge on any atom is 0.130 e. The third kappa shape index (κ3) is 3.38. The van der Waals surface area contributed by atoms with E-state index in [-0.39, 0.29) is 0 Å². The molecule has 0 fully saturated rings. The summed E-state index contributed by atoms with van der Waals surface area (Å²) in [5.41, 5.74) is 10.1. The monoisotopic (exact) mass is 349 g/mol. The predicted molar refractivity (Wildman–Crippen MR) is 90.3 cm³/mol. The Balaban J connectivity index is 2.25. The van der Waals surface area contributed by atoms with E-state index in [0.717, 1.165) is 10.0 Å². The number of hydrogen-bond donors (Lipinski definition) is 1. The average molecular weight is 350 g/mol. The van der Waals surface area contributed by atoms with Crippen LogP contribution in [-0.4, -0.2) is 4.99 Å². The molecule has 2 nitrogen and oxygen atoms in total. The van der Waals surface area contributed by atoms with E-state index >= 15 is 0 Å². The molecule has 0 saturated carbocycles. The Bertz CT molecular complexity index is 635. The van der Waals surface area contributed by atoms with Gasteiger partial charge < -0.3 is 10.5 Å².